The molecule has 0 radical (unpaired) electrons. The molecule has 0 amide bonds. The van der Waals surface area contributed by atoms with Gasteiger partial charge in [-0.3, -0.25) is 0 Å². The van der Waals surface area contributed by atoms with Crippen LogP contribution in [0.2, 0.25) is 0 Å². The van der Waals surface area contributed by atoms with Crippen LogP contribution in [0.15, 0.2) is 65.8 Å². The average Bonchev–Trinajstić information content (AvgIpc) is 3.37. The molecule has 2 saturated carbocycles. The largest absolute Gasteiger partial charge is 0.390 e. The first-order valence-corrected chi connectivity index (χ1v) is 9.24. The molecular weight excluding hydrogens is 342 g/mol. The molecule has 2 aliphatic rings. The summed E-state index contributed by atoms with van der Waals surface area (Å²) in [5.74, 6) is 0.111. The number of ether oxygens (including phenoxy) is 2. The molecule has 27 heavy (non-hydrogen) atoms. The van der Waals surface area contributed by atoms with E-state index >= 15 is 0 Å². The predicted octanol–water partition coefficient (Wildman–Crippen LogP) is 3.85. The minimum Gasteiger partial charge on any atom is -0.390 e. The fraction of sp³-hybridized carbons (Fsp3) is 0.429. The van der Waals surface area contributed by atoms with Crippen molar-refractivity contribution in [2.75, 3.05) is 6.61 Å². The normalized spacial score (nSPS) is 31.1. The van der Waals surface area contributed by atoms with E-state index in [-0.39, 0.29) is 11.3 Å². The zero-order chi connectivity index (χ0) is 18.7. The van der Waals surface area contributed by atoms with Crippen molar-refractivity contribution in [2.24, 2.45) is 16.4 Å². The highest BCUT2D eigenvalue weighted by atomic mass is 16.5. The number of azide groups is 1. The molecule has 2 fully saturated rings. The van der Waals surface area contributed by atoms with Crippen LogP contribution in [0.3, 0.4) is 0 Å². The van der Waals surface area contributed by atoms with Gasteiger partial charge in [-0.1, -0.05) is 65.8 Å². The molecule has 1 N–H and O–H groups in total. The van der Waals surface area contributed by atoms with Crippen molar-refractivity contribution in [3.8, 4) is 0 Å². The number of aliphatic hydroxyl groups is 1. The van der Waals surface area contributed by atoms with Crippen molar-refractivity contribution in [2.45, 2.75) is 37.9 Å². The Labute approximate surface area is 158 Å². The summed E-state index contributed by atoms with van der Waals surface area (Å²) in [6.45, 7) is 1.42. The predicted molar refractivity (Wildman–Crippen MR) is 101 cm³/mol. The van der Waals surface area contributed by atoms with Crippen LogP contribution in [0.4, 0.5) is 0 Å². The summed E-state index contributed by atoms with van der Waals surface area (Å²) in [5, 5.41) is 14.5. The average molecular weight is 365 g/mol. The standard InChI is InChI=1S/C21H23N3O3/c22-24-23-18-17-11-21(17,14-26-12-15-7-3-1-4-8-15)20(19(18)25)27-13-16-9-5-2-6-10-16/h1-10,17-20,25H,11-14H2/t17-,18-,19+,20+,21+/m1/s1. The van der Waals surface area contributed by atoms with E-state index in [0.717, 1.165) is 17.5 Å². The first-order valence-electron chi connectivity index (χ1n) is 9.24. The van der Waals surface area contributed by atoms with Gasteiger partial charge in [0.1, 0.15) is 0 Å². The summed E-state index contributed by atoms with van der Waals surface area (Å²) in [5.41, 5.74) is 10.7. The van der Waals surface area contributed by atoms with E-state index < -0.39 is 18.2 Å². The second kappa shape index (κ2) is 7.71. The van der Waals surface area contributed by atoms with E-state index in [1.54, 1.807) is 0 Å². The van der Waals surface area contributed by atoms with Crippen LogP contribution in [0.25, 0.3) is 10.4 Å². The van der Waals surface area contributed by atoms with Gasteiger partial charge in [0.2, 0.25) is 0 Å². The highest BCUT2D eigenvalue weighted by molar-refractivity contribution is 5.23. The van der Waals surface area contributed by atoms with Gasteiger partial charge in [0.25, 0.3) is 0 Å². The van der Waals surface area contributed by atoms with Crippen molar-refractivity contribution in [1.82, 2.24) is 0 Å². The minimum absolute atomic E-state index is 0.111. The van der Waals surface area contributed by atoms with Gasteiger partial charge in [-0.2, -0.15) is 0 Å². The highest BCUT2D eigenvalue weighted by Gasteiger charge is 2.71. The molecule has 2 aromatic rings. The Morgan fingerprint density at radius 1 is 1.04 bits per heavy atom. The van der Waals surface area contributed by atoms with E-state index in [2.05, 4.69) is 10.0 Å². The van der Waals surface area contributed by atoms with Gasteiger partial charge < -0.3 is 14.6 Å². The maximum absolute atomic E-state index is 10.7. The lowest BCUT2D eigenvalue weighted by atomic mass is 10.00. The van der Waals surface area contributed by atoms with E-state index in [1.807, 2.05) is 60.7 Å². The Morgan fingerprint density at radius 2 is 1.67 bits per heavy atom. The van der Waals surface area contributed by atoms with E-state index in [1.165, 1.54) is 0 Å². The van der Waals surface area contributed by atoms with Crippen LogP contribution < -0.4 is 0 Å². The topological polar surface area (TPSA) is 87.5 Å². The summed E-state index contributed by atoms with van der Waals surface area (Å²) >= 11 is 0. The van der Waals surface area contributed by atoms with Gasteiger partial charge in [-0.25, -0.2) is 0 Å². The van der Waals surface area contributed by atoms with E-state index in [9.17, 15) is 5.11 Å². The quantitative estimate of drug-likeness (QED) is 0.438. The summed E-state index contributed by atoms with van der Waals surface area (Å²) < 4.78 is 12.1. The molecule has 0 heterocycles. The number of fused-ring (bicyclic) bond motifs is 1. The second-order valence-electron chi connectivity index (χ2n) is 7.43. The van der Waals surface area contributed by atoms with Crippen molar-refractivity contribution in [3.63, 3.8) is 0 Å². The lowest BCUT2D eigenvalue weighted by Crippen LogP contribution is -2.38. The van der Waals surface area contributed by atoms with Crippen molar-refractivity contribution >= 4 is 0 Å². The molecule has 5 atom stereocenters. The van der Waals surface area contributed by atoms with Gasteiger partial charge in [0, 0.05) is 10.3 Å². The zero-order valence-corrected chi connectivity index (χ0v) is 15.0. The molecule has 4 rings (SSSR count). The molecule has 0 aliphatic heterocycles. The lowest BCUT2D eigenvalue weighted by molar-refractivity contribution is -0.0888. The molecule has 2 aromatic carbocycles. The maximum Gasteiger partial charge on any atom is 0.0923 e. The number of hydrogen-bond acceptors (Lipinski definition) is 4. The Balaban J connectivity index is 1.44. The lowest BCUT2D eigenvalue weighted by Gasteiger charge is -2.27. The summed E-state index contributed by atoms with van der Waals surface area (Å²) in [6.07, 6.45) is -0.347. The third kappa shape index (κ3) is 3.57. The smallest absolute Gasteiger partial charge is 0.0923 e. The maximum atomic E-state index is 10.7. The van der Waals surface area contributed by atoms with Crippen LogP contribution >= 0.6 is 0 Å². The van der Waals surface area contributed by atoms with Gasteiger partial charge in [-0.05, 0) is 29.0 Å². The molecular formula is C21H23N3O3. The molecule has 0 unspecified atom stereocenters. The minimum atomic E-state index is -0.802. The van der Waals surface area contributed by atoms with Crippen LogP contribution in [0, 0.1) is 11.3 Å². The monoisotopic (exact) mass is 365 g/mol. The number of rotatable bonds is 8. The molecule has 0 aromatic heterocycles. The van der Waals surface area contributed by atoms with Gasteiger partial charge in [0.05, 0.1) is 38.1 Å². The second-order valence-corrected chi connectivity index (χ2v) is 7.43. The Hall–Kier alpha value is -2.37. The molecule has 0 bridgehead atoms. The van der Waals surface area contributed by atoms with Gasteiger partial charge >= 0.3 is 0 Å². The molecule has 2 aliphatic carbocycles. The Morgan fingerprint density at radius 3 is 2.30 bits per heavy atom. The first-order chi connectivity index (χ1) is 13.2. The molecule has 0 spiro atoms. The highest BCUT2D eigenvalue weighted by Crippen LogP contribution is 2.65. The SMILES string of the molecule is [N-]=[N+]=N[C@H]1[C@H](O)[C@H](OCc2ccccc2)[C@]2(COCc3ccccc3)C[C@H]12. The summed E-state index contributed by atoms with van der Waals surface area (Å²) in [4.78, 5) is 2.93. The van der Waals surface area contributed by atoms with E-state index in [4.69, 9.17) is 15.0 Å². The number of aliphatic hydroxyl groups excluding tert-OH is 1. The van der Waals surface area contributed by atoms with Crippen molar-refractivity contribution < 1.29 is 14.6 Å². The van der Waals surface area contributed by atoms with Crippen molar-refractivity contribution in [3.05, 3.63) is 82.2 Å². The summed E-state index contributed by atoms with van der Waals surface area (Å²) in [6, 6.07) is 19.4. The molecule has 6 nitrogen and oxygen atoms in total. The van der Waals surface area contributed by atoms with Crippen molar-refractivity contribution in [1.29, 1.82) is 0 Å². The third-order valence-electron chi connectivity index (χ3n) is 5.76. The fourth-order valence-corrected chi connectivity index (χ4v) is 4.31. The van der Waals surface area contributed by atoms with Crippen LogP contribution in [-0.2, 0) is 22.7 Å². The van der Waals surface area contributed by atoms with Gasteiger partial charge in [0.15, 0.2) is 0 Å². The number of hydrogen-bond donors (Lipinski definition) is 1. The molecule has 0 saturated heterocycles. The third-order valence-corrected chi connectivity index (χ3v) is 5.76. The number of nitrogens with zero attached hydrogens (tertiary/aromatic N) is 3. The zero-order valence-electron chi connectivity index (χ0n) is 15.0. The molecule has 6 heteroatoms. The van der Waals surface area contributed by atoms with Crippen LogP contribution in [0.5, 0.6) is 0 Å². The fourth-order valence-electron chi connectivity index (χ4n) is 4.31. The number of benzene rings is 2. The molecule has 140 valence electrons. The summed E-state index contributed by atoms with van der Waals surface area (Å²) in [7, 11) is 0. The Kier molecular flexibility index (Phi) is 5.14. The first kappa shape index (κ1) is 18.0. The van der Waals surface area contributed by atoms with Gasteiger partial charge in [-0.15, -0.1) is 0 Å². The van der Waals surface area contributed by atoms with Crippen LogP contribution in [-0.4, -0.2) is 30.0 Å². The van der Waals surface area contributed by atoms with Crippen LogP contribution in [0.1, 0.15) is 17.5 Å². The van der Waals surface area contributed by atoms with E-state index in [0.29, 0.717) is 19.8 Å². The Bertz CT molecular complexity index is 810.